The average Bonchev–Trinajstić information content (AvgIpc) is 3.97. The van der Waals surface area contributed by atoms with Crippen LogP contribution in [0.3, 0.4) is 0 Å². The van der Waals surface area contributed by atoms with E-state index in [1.54, 1.807) is 6.07 Å². The number of benzene rings is 3. The topological polar surface area (TPSA) is 117 Å². The summed E-state index contributed by atoms with van der Waals surface area (Å²) in [5.74, 6) is -16.0. The Morgan fingerprint density at radius 2 is 1.44 bits per heavy atom. The molecule has 1 amide bonds. The van der Waals surface area contributed by atoms with E-state index in [4.69, 9.17) is 4.74 Å². The van der Waals surface area contributed by atoms with Crippen molar-refractivity contribution < 1.29 is 63.0 Å². The van der Waals surface area contributed by atoms with Crippen LogP contribution in [0.2, 0.25) is 0 Å². The second-order valence-electron chi connectivity index (χ2n) is 13.9. The van der Waals surface area contributed by atoms with Gasteiger partial charge < -0.3 is 14.7 Å². The second kappa shape index (κ2) is 15.2. The van der Waals surface area contributed by atoms with E-state index in [1.165, 1.54) is 6.07 Å². The lowest BCUT2D eigenvalue weighted by Gasteiger charge is -2.30. The molecule has 0 atom stereocenters. The van der Waals surface area contributed by atoms with Gasteiger partial charge in [-0.3, -0.25) is 9.78 Å². The highest BCUT2D eigenvalue weighted by Gasteiger charge is 2.40. The normalized spacial score (nSPS) is 13.6. The van der Waals surface area contributed by atoms with E-state index >= 15 is 8.78 Å². The van der Waals surface area contributed by atoms with Gasteiger partial charge in [-0.15, -0.1) is 0 Å². The summed E-state index contributed by atoms with van der Waals surface area (Å²) in [6, 6.07) is 9.38. The van der Waals surface area contributed by atoms with Crippen LogP contribution in [-0.4, -0.2) is 48.3 Å². The molecule has 0 radical (unpaired) electrons. The van der Waals surface area contributed by atoms with Crippen LogP contribution in [-0.2, 0) is 39.5 Å². The fourth-order valence-electron chi connectivity index (χ4n) is 5.75. The first-order valence-corrected chi connectivity index (χ1v) is 17.9. The largest absolute Gasteiger partial charge is 0.495 e. The molecular formula is C37H33F8N3O6S. The van der Waals surface area contributed by atoms with Gasteiger partial charge in [0.15, 0.2) is 28.2 Å². The number of sulfonamides is 1. The number of aromatic nitrogens is 1. The summed E-state index contributed by atoms with van der Waals surface area (Å²) in [4.78, 5) is 28.3. The van der Waals surface area contributed by atoms with E-state index in [0.29, 0.717) is 17.8 Å². The highest BCUT2D eigenvalue weighted by molar-refractivity contribution is 7.89. The number of carbonyl (C=O) groups is 2. The van der Waals surface area contributed by atoms with Gasteiger partial charge in [-0.2, -0.15) is 17.5 Å². The first-order valence-electron chi connectivity index (χ1n) is 16.4. The minimum absolute atomic E-state index is 0.0446. The Hall–Kier alpha value is -5.10. The molecule has 1 aliphatic rings. The van der Waals surface area contributed by atoms with E-state index in [1.807, 2.05) is 32.9 Å². The third-order valence-corrected chi connectivity index (χ3v) is 10.7. The number of carboxylic acids is 1. The quantitative estimate of drug-likeness (QED) is 0.0875. The molecule has 55 heavy (non-hydrogen) atoms. The number of amides is 1. The van der Waals surface area contributed by atoms with Gasteiger partial charge in [-0.25, -0.2) is 35.2 Å². The average molecular weight is 800 g/mol. The van der Waals surface area contributed by atoms with Crippen molar-refractivity contribution in [2.75, 3.05) is 18.6 Å². The zero-order valence-electron chi connectivity index (χ0n) is 29.6. The smallest absolute Gasteiger partial charge is 0.417 e. The number of nitrogens with zero attached hydrogens (tertiary/aromatic N) is 3. The molecule has 1 N–H and O–H groups in total. The first-order chi connectivity index (χ1) is 25.5. The fourth-order valence-corrected chi connectivity index (χ4v) is 7.24. The molecule has 3 aromatic carbocycles. The lowest BCUT2D eigenvalue weighted by atomic mass is 9.84. The molecule has 9 nitrogen and oxygen atoms in total. The van der Waals surface area contributed by atoms with Gasteiger partial charge in [-0.1, -0.05) is 39.0 Å². The van der Waals surface area contributed by atoms with E-state index in [0.717, 1.165) is 54.3 Å². The summed E-state index contributed by atoms with van der Waals surface area (Å²) in [6.45, 7) is 2.78. The van der Waals surface area contributed by atoms with Crippen molar-refractivity contribution in [2.45, 2.75) is 69.1 Å². The second-order valence-corrected chi connectivity index (χ2v) is 15.8. The van der Waals surface area contributed by atoms with Crippen molar-refractivity contribution in [1.82, 2.24) is 9.29 Å². The number of hydrogen-bond acceptors (Lipinski definition) is 6. The minimum atomic E-state index is -5.95. The molecule has 1 fully saturated rings. The predicted octanol–water partition coefficient (Wildman–Crippen LogP) is 8.10. The van der Waals surface area contributed by atoms with Crippen molar-refractivity contribution in [1.29, 1.82) is 0 Å². The maximum atomic E-state index is 15.1. The zero-order chi connectivity index (χ0) is 40.8. The molecule has 18 heteroatoms. The van der Waals surface area contributed by atoms with Gasteiger partial charge in [0.1, 0.15) is 5.75 Å². The number of rotatable bonds is 12. The van der Waals surface area contributed by atoms with Crippen LogP contribution < -0.4 is 9.64 Å². The van der Waals surface area contributed by atoms with Crippen LogP contribution >= 0.6 is 0 Å². The summed E-state index contributed by atoms with van der Waals surface area (Å²) < 4.78 is 147. The Kier molecular flexibility index (Phi) is 11.4. The van der Waals surface area contributed by atoms with Gasteiger partial charge >= 0.3 is 12.1 Å². The number of ether oxygens (including phenoxy) is 1. The third kappa shape index (κ3) is 8.75. The molecule has 5 rings (SSSR count). The van der Waals surface area contributed by atoms with Gasteiger partial charge in [0.2, 0.25) is 21.7 Å². The van der Waals surface area contributed by atoms with Crippen LogP contribution in [0.4, 0.5) is 40.8 Å². The van der Waals surface area contributed by atoms with E-state index in [9.17, 15) is 49.5 Å². The molecule has 1 saturated carbocycles. The summed E-state index contributed by atoms with van der Waals surface area (Å²) in [5.41, 5.74) is -0.435. The van der Waals surface area contributed by atoms with Gasteiger partial charge in [0.25, 0.3) is 0 Å². The van der Waals surface area contributed by atoms with E-state index in [-0.39, 0.29) is 33.8 Å². The Balaban J connectivity index is 1.68. The maximum absolute atomic E-state index is 15.1. The molecule has 0 bridgehead atoms. The lowest BCUT2D eigenvalue weighted by Crippen LogP contribution is -2.43. The Bertz CT molecular complexity index is 2250. The Morgan fingerprint density at radius 1 is 0.836 bits per heavy atom. The molecular weight excluding hydrogens is 766 g/mol. The van der Waals surface area contributed by atoms with Crippen LogP contribution in [0.5, 0.6) is 5.75 Å². The SMILES string of the molecule is COc1cc(C(=O)O)ccc1N(Cc1cc(C2CC2)cc(C(C)(C)C)c1)C(=O)CN(Cc1cncc(C(F)(F)F)c1)S(=O)(=O)c1c(F)c(F)c(F)c(F)c1F. The summed E-state index contributed by atoms with van der Waals surface area (Å²) in [5, 5.41) is 9.58. The van der Waals surface area contributed by atoms with Crippen molar-refractivity contribution in [2.24, 2.45) is 0 Å². The summed E-state index contributed by atoms with van der Waals surface area (Å²) in [6.07, 6.45) is -2.05. The molecule has 4 aromatic rings. The molecule has 294 valence electrons. The van der Waals surface area contributed by atoms with Crippen LogP contribution in [0.15, 0.2) is 59.8 Å². The van der Waals surface area contributed by atoms with Crippen molar-refractivity contribution >= 4 is 27.6 Å². The van der Waals surface area contributed by atoms with Crippen LogP contribution in [0, 0.1) is 29.1 Å². The highest BCUT2D eigenvalue weighted by atomic mass is 32.2. The predicted molar refractivity (Wildman–Crippen MR) is 181 cm³/mol. The Morgan fingerprint density at radius 3 is 1.98 bits per heavy atom. The number of alkyl halides is 3. The Labute approximate surface area is 310 Å². The fraction of sp³-hybridized carbons (Fsp3) is 0.324. The molecule has 0 saturated heterocycles. The minimum Gasteiger partial charge on any atom is -0.495 e. The maximum Gasteiger partial charge on any atom is 0.417 e. The molecule has 0 unspecified atom stereocenters. The van der Waals surface area contributed by atoms with Gasteiger partial charge in [0, 0.05) is 18.9 Å². The number of anilines is 1. The van der Waals surface area contributed by atoms with Gasteiger partial charge in [-0.05, 0) is 70.7 Å². The van der Waals surface area contributed by atoms with E-state index in [2.05, 4.69) is 4.98 Å². The van der Waals surface area contributed by atoms with Gasteiger partial charge in [0.05, 0.1) is 37.0 Å². The standard InChI is InChI=1S/C37H33F8N3O6S/c1-36(2,3)24-10-19(9-23(12-24)21-5-6-21)17-48(26-8-7-22(35(50)51)13-27(26)54-4)28(49)18-47(16-20-11-25(15-46-14-20)37(43,44)45)55(52,53)34-32(41)30(39)29(38)31(40)33(34)42/h7-15,21H,5-6,16-18H2,1-4H3,(H,50,51). The molecule has 0 spiro atoms. The lowest BCUT2D eigenvalue weighted by molar-refractivity contribution is -0.138. The monoisotopic (exact) mass is 799 g/mol. The number of methoxy groups -OCH3 is 1. The summed E-state index contributed by atoms with van der Waals surface area (Å²) >= 11 is 0. The van der Waals surface area contributed by atoms with Crippen molar-refractivity contribution in [3.8, 4) is 5.75 Å². The third-order valence-electron chi connectivity index (χ3n) is 8.85. The van der Waals surface area contributed by atoms with Crippen LogP contribution in [0.25, 0.3) is 0 Å². The number of hydrogen-bond donors (Lipinski definition) is 1. The molecule has 0 aliphatic heterocycles. The van der Waals surface area contributed by atoms with E-state index < -0.39 is 91.7 Å². The number of aromatic carboxylic acids is 1. The van der Waals surface area contributed by atoms with Crippen molar-refractivity contribution in [3.05, 3.63) is 117 Å². The highest BCUT2D eigenvalue weighted by Crippen LogP contribution is 2.42. The number of carbonyl (C=O) groups excluding carboxylic acids is 1. The van der Waals surface area contributed by atoms with Crippen molar-refractivity contribution in [3.63, 3.8) is 0 Å². The molecule has 1 aliphatic carbocycles. The number of pyridine rings is 1. The zero-order valence-corrected chi connectivity index (χ0v) is 30.4. The summed E-state index contributed by atoms with van der Waals surface area (Å²) in [7, 11) is -4.80. The van der Waals surface area contributed by atoms with Crippen LogP contribution in [0.1, 0.15) is 77.7 Å². The number of halogens is 8. The molecule has 1 heterocycles. The first kappa shape index (κ1) is 41.1. The number of carboxylic acid groups (broad SMARTS) is 1. The molecule has 1 aromatic heterocycles.